The van der Waals surface area contributed by atoms with E-state index in [1.807, 2.05) is 7.05 Å². The lowest BCUT2D eigenvalue weighted by Gasteiger charge is -2.32. The Bertz CT molecular complexity index is 448. The predicted octanol–water partition coefficient (Wildman–Crippen LogP) is 2.35. The predicted molar refractivity (Wildman–Crippen MR) is 77.7 cm³/mol. The SMILES string of the molecule is CNC(CO)(COc1c(C)ccc(C)c1C)C1CC1. The topological polar surface area (TPSA) is 41.5 Å². The Balaban J connectivity index is 2.15. The normalized spacial score (nSPS) is 18.2. The molecule has 1 atom stereocenters. The molecule has 0 amide bonds. The van der Waals surface area contributed by atoms with Gasteiger partial charge in [0, 0.05) is 0 Å². The van der Waals surface area contributed by atoms with E-state index in [0.717, 1.165) is 11.3 Å². The van der Waals surface area contributed by atoms with Gasteiger partial charge < -0.3 is 15.2 Å². The molecule has 3 nitrogen and oxygen atoms in total. The molecule has 1 aromatic rings. The largest absolute Gasteiger partial charge is 0.491 e. The molecule has 1 unspecified atom stereocenters. The number of rotatable bonds is 6. The van der Waals surface area contributed by atoms with Crippen LogP contribution in [0.1, 0.15) is 29.5 Å². The van der Waals surface area contributed by atoms with Crippen molar-refractivity contribution in [3.05, 3.63) is 28.8 Å². The molecule has 0 bridgehead atoms. The van der Waals surface area contributed by atoms with Crippen LogP contribution < -0.4 is 10.1 Å². The maximum Gasteiger partial charge on any atom is 0.125 e. The second kappa shape index (κ2) is 5.51. The minimum absolute atomic E-state index is 0.123. The third-order valence-electron chi connectivity index (χ3n) is 4.49. The van der Waals surface area contributed by atoms with Crippen LogP contribution in [-0.2, 0) is 0 Å². The van der Waals surface area contributed by atoms with E-state index in [9.17, 15) is 5.11 Å². The minimum atomic E-state index is -0.289. The van der Waals surface area contributed by atoms with Gasteiger partial charge in [0.25, 0.3) is 0 Å². The molecule has 3 heteroatoms. The summed E-state index contributed by atoms with van der Waals surface area (Å²) in [7, 11) is 1.91. The molecule has 106 valence electrons. The molecular formula is C16H25NO2. The van der Waals surface area contributed by atoms with Crippen molar-refractivity contribution in [2.24, 2.45) is 5.92 Å². The Hall–Kier alpha value is -1.06. The summed E-state index contributed by atoms with van der Waals surface area (Å²) in [5.41, 5.74) is 3.30. The summed E-state index contributed by atoms with van der Waals surface area (Å²) in [5, 5.41) is 13.0. The van der Waals surface area contributed by atoms with Gasteiger partial charge in [0.2, 0.25) is 0 Å². The van der Waals surface area contributed by atoms with Crippen LogP contribution in [0, 0.1) is 26.7 Å². The van der Waals surface area contributed by atoms with Crippen LogP contribution in [0.5, 0.6) is 5.75 Å². The third kappa shape index (κ3) is 2.77. The van der Waals surface area contributed by atoms with Crippen molar-refractivity contribution < 1.29 is 9.84 Å². The Kier molecular flexibility index (Phi) is 4.16. The molecule has 0 heterocycles. The van der Waals surface area contributed by atoms with Gasteiger partial charge in [-0.1, -0.05) is 12.1 Å². The maximum atomic E-state index is 9.72. The average molecular weight is 263 g/mol. The summed E-state index contributed by atoms with van der Waals surface area (Å²) in [6.07, 6.45) is 2.35. The van der Waals surface area contributed by atoms with Crippen LogP contribution in [0.4, 0.5) is 0 Å². The Morgan fingerprint density at radius 3 is 2.42 bits per heavy atom. The van der Waals surface area contributed by atoms with Crippen LogP contribution >= 0.6 is 0 Å². The van der Waals surface area contributed by atoms with Gasteiger partial charge in [-0.15, -0.1) is 0 Å². The maximum absolute atomic E-state index is 9.72. The van der Waals surface area contributed by atoms with Crippen LogP contribution in [0.3, 0.4) is 0 Å². The molecular weight excluding hydrogens is 238 g/mol. The van der Waals surface area contributed by atoms with Gasteiger partial charge in [0.15, 0.2) is 0 Å². The van der Waals surface area contributed by atoms with Gasteiger partial charge in [0.05, 0.1) is 12.1 Å². The number of aryl methyl sites for hydroxylation is 2. The van der Waals surface area contributed by atoms with E-state index in [1.54, 1.807) is 0 Å². The lowest BCUT2D eigenvalue weighted by molar-refractivity contribution is 0.0908. The van der Waals surface area contributed by atoms with Crippen molar-refractivity contribution in [2.45, 2.75) is 39.2 Å². The lowest BCUT2D eigenvalue weighted by atomic mass is 9.95. The Morgan fingerprint density at radius 1 is 1.26 bits per heavy atom. The molecule has 0 spiro atoms. The number of likely N-dealkylation sites (N-methyl/N-ethyl adjacent to an activating group) is 1. The first-order valence-corrected chi connectivity index (χ1v) is 7.03. The van der Waals surface area contributed by atoms with E-state index in [4.69, 9.17) is 4.74 Å². The van der Waals surface area contributed by atoms with Crippen LogP contribution in [0.2, 0.25) is 0 Å². The van der Waals surface area contributed by atoms with E-state index >= 15 is 0 Å². The quantitative estimate of drug-likeness (QED) is 0.828. The second-order valence-corrected chi connectivity index (χ2v) is 5.78. The van der Waals surface area contributed by atoms with Gasteiger partial charge in [0.1, 0.15) is 12.4 Å². The second-order valence-electron chi connectivity index (χ2n) is 5.78. The summed E-state index contributed by atoms with van der Waals surface area (Å²) in [4.78, 5) is 0. The summed E-state index contributed by atoms with van der Waals surface area (Å²) in [6.45, 7) is 6.90. The highest BCUT2D eigenvalue weighted by Gasteiger charge is 2.44. The Labute approximate surface area is 116 Å². The van der Waals surface area contributed by atoms with Gasteiger partial charge in [-0.3, -0.25) is 0 Å². The Morgan fingerprint density at radius 2 is 1.89 bits per heavy atom. The summed E-state index contributed by atoms with van der Waals surface area (Å²) < 4.78 is 6.07. The van der Waals surface area contributed by atoms with Gasteiger partial charge in [-0.2, -0.15) is 0 Å². The molecule has 1 aromatic carbocycles. The monoisotopic (exact) mass is 263 g/mol. The third-order valence-corrected chi connectivity index (χ3v) is 4.49. The van der Waals surface area contributed by atoms with E-state index in [2.05, 4.69) is 38.2 Å². The minimum Gasteiger partial charge on any atom is -0.491 e. The van der Waals surface area contributed by atoms with Crippen LogP contribution in [0.15, 0.2) is 12.1 Å². The van der Waals surface area contributed by atoms with Gasteiger partial charge >= 0.3 is 0 Å². The van der Waals surface area contributed by atoms with Crippen molar-refractivity contribution in [3.63, 3.8) is 0 Å². The summed E-state index contributed by atoms with van der Waals surface area (Å²) in [6, 6.07) is 4.21. The highest BCUT2D eigenvalue weighted by Crippen LogP contribution is 2.40. The van der Waals surface area contributed by atoms with Crippen molar-refractivity contribution in [1.82, 2.24) is 5.32 Å². The van der Waals surface area contributed by atoms with Gasteiger partial charge in [-0.05, 0) is 63.3 Å². The number of benzene rings is 1. The molecule has 2 rings (SSSR count). The smallest absolute Gasteiger partial charge is 0.125 e. The molecule has 0 radical (unpaired) electrons. The highest BCUT2D eigenvalue weighted by atomic mass is 16.5. The van der Waals surface area contributed by atoms with E-state index in [1.165, 1.54) is 24.0 Å². The van der Waals surface area contributed by atoms with Crippen molar-refractivity contribution in [3.8, 4) is 5.75 Å². The number of aliphatic hydroxyl groups is 1. The zero-order valence-electron chi connectivity index (χ0n) is 12.4. The van der Waals surface area contributed by atoms with E-state index < -0.39 is 0 Å². The molecule has 1 aliphatic carbocycles. The van der Waals surface area contributed by atoms with Crippen molar-refractivity contribution >= 4 is 0 Å². The number of ether oxygens (including phenoxy) is 1. The van der Waals surface area contributed by atoms with Crippen molar-refractivity contribution in [1.29, 1.82) is 0 Å². The van der Waals surface area contributed by atoms with Gasteiger partial charge in [-0.25, -0.2) is 0 Å². The standard InChI is InChI=1S/C16H25NO2/c1-11-5-6-12(2)15(13(11)3)19-10-16(9-18,17-4)14-7-8-14/h5-6,14,17-18H,7-10H2,1-4H3. The van der Waals surface area contributed by atoms with Crippen LogP contribution in [0.25, 0.3) is 0 Å². The molecule has 0 aliphatic heterocycles. The first-order valence-electron chi connectivity index (χ1n) is 7.03. The van der Waals surface area contributed by atoms with E-state index in [-0.39, 0.29) is 12.1 Å². The average Bonchev–Trinajstić information content (AvgIpc) is 3.24. The first kappa shape index (κ1) is 14.4. The highest BCUT2D eigenvalue weighted by molar-refractivity contribution is 5.44. The molecule has 0 aromatic heterocycles. The fourth-order valence-electron chi connectivity index (χ4n) is 2.63. The number of nitrogens with one attached hydrogen (secondary N) is 1. The van der Waals surface area contributed by atoms with Crippen molar-refractivity contribution in [2.75, 3.05) is 20.3 Å². The molecule has 1 saturated carbocycles. The number of hydrogen-bond donors (Lipinski definition) is 2. The zero-order valence-corrected chi connectivity index (χ0v) is 12.4. The summed E-state index contributed by atoms with van der Waals surface area (Å²) >= 11 is 0. The first-order chi connectivity index (χ1) is 9.04. The molecule has 1 fully saturated rings. The van der Waals surface area contributed by atoms with Crippen LogP contribution in [-0.4, -0.2) is 30.9 Å². The molecule has 19 heavy (non-hydrogen) atoms. The fraction of sp³-hybridized carbons (Fsp3) is 0.625. The number of aliphatic hydroxyl groups excluding tert-OH is 1. The summed E-state index contributed by atoms with van der Waals surface area (Å²) in [5.74, 6) is 1.50. The molecule has 2 N–H and O–H groups in total. The number of hydrogen-bond acceptors (Lipinski definition) is 3. The van der Waals surface area contributed by atoms with E-state index in [0.29, 0.717) is 12.5 Å². The molecule has 1 aliphatic rings. The zero-order chi connectivity index (χ0) is 14.0. The molecule has 0 saturated heterocycles. The fourth-order valence-corrected chi connectivity index (χ4v) is 2.63. The lowest BCUT2D eigenvalue weighted by Crippen LogP contribution is -2.53.